The van der Waals surface area contributed by atoms with Crippen molar-refractivity contribution in [3.05, 3.63) is 29.8 Å². The lowest BCUT2D eigenvalue weighted by Crippen LogP contribution is -2.23. The lowest BCUT2D eigenvalue weighted by molar-refractivity contribution is 0.530. The minimum atomic E-state index is 0.367. The third-order valence-electron chi connectivity index (χ3n) is 3.00. The summed E-state index contributed by atoms with van der Waals surface area (Å²) >= 11 is 0. The lowest BCUT2D eigenvalue weighted by Gasteiger charge is -2.25. The molecule has 1 unspecified atom stereocenters. The van der Waals surface area contributed by atoms with E-state index in [2.05, 4.69) is 32.4 Å². The summed E-state index contributed by atoms with van der Waals surface area (Å²) in [7, 11) is 1.95. The molecular weight excluding hydrogens is 202 g/mol. The topological polar surface area (TPSA) is 47.7 Å². The van der Waals surface area contributed by atoms with E-state index >= 15 is 0 Å². The second-order valence-electron chi connectivity index (χ2n) is 4.29. The molecule has 1 aliphatic rings. The molecule has 0 aromatic carbocycles. The van der Waals surface area contributed by atoms with Gasteiger partial charge in [0.2, 0.25) is 5.95 Å². The molecule has 5 nitrogen and oxygen atoms in total. The predicted molar refractivity (Wildman–Crippen MR) is 61.4 cm³/mol. The largest absolute Gasteiger partial charge is 0.356 e. The van der Waals surface area contributed by atoms with Gasteiger partial charge in [0.1, 0.15) is 0 Å². The normalized spacial score (nSPS) is 19.2. The van der Waals surface area contributed by atoms with Crippen molar-refractivity contribution in [2.45, 2.75) is 19.4 Å². The number of aromatic nitrogens is 4. The molecule has 0 saturated carbocycles. The van der Waals surface area contributed by atoms with Crippen LogP contribution in [-0.4, -0.2) is 25.9 Å². The minimum absolute atomic E-state index is 0.367. The van der Waals surface area contributed by atoms with E-state index in [9.17, 15) is 0 Å². The minimum Gasteiger partial charge on any atom is -0.356 e. The Bertz CT molecular complexity index is 510. The average Bonchev–Trinajstić information content (AvgIpc) is 2.82. The molecular formula is C11H15N5. The number of imidazole rings is 1. The highest BCUT2D eigenvalue weighted by Gasteiger charge is 2.22. The van der Waals surface area contributed by atoms with Gasteiger partial charge < -0.3 is 9.88 Å². The smallest absolute Gasteiger partial charge is 0.203 e. The van der Waals surface area contributed by atoms with Crippen molar-refractivity contribution in [1.29, 1.82) is 0 Å². The fourth-order valence-electron chi connectivity index (χ4n) is 2.28. The van der Waals surface area contributed by atoms with Gasteiger partial charge in [-0.2, -0.15) is 5.10 Å². The molecule has 3 heterocycles. The summed E-state index contributed by atoms with van der Waals surface area (Å²) in [5, 5.41) is 7.55. The summed E-state index contributed by atoms with van der Waals surface area (Å²) in [6.07, 6.45) is 7.19. The van der Waals surface area contributed by atoms with E-state index in [0.29, 0.717) is 6.04 Å². The van der Waals surface area contributed by atoms with Gasteiger partial charge in [0.25, 0.3) is 0 Å². The first-order valence-electron chi connectivity index (χ1n) is 5.52. The Hall–Kier alpha value is -1.78. The Balaban J connectivity index is 2.04. The van der Waals surface area contributed by atoms with Crippen LogP contribution in [0.25, 0.3) is 0 Å². The van der Waals surface area contributed by atoms with Crippen LogP contribution in [0.5, 0.6) is 0 Å². The highest BCUT2D eigenvalue weighted by atomic mass is 15.3. The number of rotatable bonds is 1. The van der Waals surface area contributed by atoms with E-state index < -0.39 is 0 Å². The molecule has 0 radical (unpaired) electrons. The van der Waals surface area contributed by atoms with E-state index in [4.69, 9.17) is 0 Å². The maximum Gasteiger partial charge on any atom is 0.203 e. The third-order valence-corrected chi connectivity index (χ3v) is 3.00. The molecule has 2 aromatic heterocycles. The standard InChI is InChI=1S/C11H15N5/c1-8-6-16-10(3-4-12-11(16)14-8)9-5-13-15(2)7-9/h5-7,10H,3-4H2,1-2H3,(H,12,14). The van der Waals surface area contributed by atoms with Crippen molar-refractivity contribution < 1.29 is 0 Å². The van der Waals surface area contributed by atoms with Crippen LogP contribution in [0.3, 0.4) is 0 Å². The molecule has 0 bridgehead atoms. The highest BCUT2D eigenvalue weighted by Crippen LogP contribution is 2.29. The fourth-order valence-corrected chi connectivity index (χ4v) is 2.28. The van der Waals surface area contributed by atoms with Gasteiger partial charge in [-0.3, -0.25) is 4.68 Å². The molecule has 16 heavy (non-hydrogen) atoms. The van der Waals surface area contributed by atoms with E-state index in [0.717, 1.165) is 24.6 Å². The molecule has 0 fully saturated rings. The molecule has 3 rings (SSSR count). The molecule has 0 spiro atoms. The van der Waals surface area contributed by atoms with E-state index in [-0.39, 0.29) is 0 Å². The Morgan fingerprint density at radius 1 is 1.44 bits per heavy atom. The molecule has 1 N–H and O–H groups in total. The van der Waals surface area contributed by atoms with Crippen LogP contribution in [-0.2, 0) is 7.05 Å². The number of aryl methyl sites for hydroxylation is 2. The predicted octanol–water partition coefficient (Wildman–Crippen LogP) is 1.33. The number of hydrogen-bond donors (Lipinski definition) is 1. The summed E-state index contributed by atoms with van der Waals surface area (Å²) in [5.74, 6) is 0.970. The lowest BCUT2D eigenvalue weighted by atomic mass is 10.1. The van der Waals surface area contributed by atoms with Crippen LogP contribution in [0.2, 0.25) is 0 Å². The van der Waals surface area contributed by atoms with Crippen molar-refractivity contribution in [2.24, 2.45) is 7.05 Å². The number of anilines is 1. The van der Waals surface area contributed by atoms with Gasteiger partial charge in [0, 0.05) is 31.5 Å². The molecule has 0 amide bonds. The Morgan fingerprint density at radius 3 is 3.06 bits per heavy atom. The van der Waals surface area contributed by atoms with Crippen LogP contribution in [0.4, 0.5) is 5.95 Å². The van der Waals surface area contributed by atoms with Crippen molar-refractivity contribution in [2.75, 3.05) is 11.9 Å². The van der Waals surface area contributed by atoms with Gasteiger partial charge in [-0.1, -0.05) is 0 Å². The van der Waals surface area contributed by atoms with Crippen molar-refractivity contribution in [1.82, 2.24) is 19.3 Å². The molecule has 2 aromatic rings. The molecule has 0 aliphatic carbocycles. The van der Waals surface area contributed by atoms with E-state index in [1.807, 2.05) is 24.9 Å². The van der Waals surface area contributed by atoms with Gasteiger partial charge in [-0.15, -0.1) is 0 Å². The maximum atomic E-state index is 4.46. The maximum absolute atomic E-state index is 4.46. The molecule has 1 aliphatic heterocycles. The fraction of sp³-hybridized carbons (Fsp3) is 0.455. The van der Waals surface area contributed by atoms with Gasteiger partial charge in [0.15, 0.2) is 0 Å². The van der Waals surface area contributed by atoms with Gasteiger partial charge in [-0.05, 0) is 13.3 Å². The van der Waals surface area contributed by atoms with Crippen LogP contribution in [0, 0.1) is 6.92 Å². The quantitative estimate of drug-likeness (QED) is 0.784. The summed E-state index contributed by atoms with van der Waals surface area (Å²) < 4.78 is 4.05. The SMILES string of the molecule is Cc1cn2c(n1)NCCC2c1cnn(C)c1. The second-order valence-corrected chi connectivity index (χ2v) is 4.29. The van der Waals surface area contributed by atoms with Crippen LogP contribution in [0.15, 0.2) is 18.6 Å². The van der Waals surface area contributed by atoms with E-state index in [1.165, 1.54) is 5.56 Å². The monoisotopic (exact) mass is 217 g/mol. The Labute approximate surface area is 94.1 Å². The van der Waals surface area contributed by atoms with Gasteiger partial charge in [-0.25, -0.2) is 4.98 Å². The highest BCUT2D eigenvalue weighted by molar-refractivity contribution is 5.34. The Morgan fingerprint density at radius 2 is 2.31 bits per heavy atom. The van der Waals surface area contributed by atoms with Crippen molar-refractivity contribution in [3.63, 3.8) is 0 Å². The average molecular weight is 217 g/mol. The summed E-state index contributed by atoms with van der Waals surface area (Å²) in [5.41, 5.74) is 2.31. The number of hydrogen-bond acceptors (Lipinski definition) is 3. The van der Waals surface area contributed by atoms with Crippen LogP contribution in [0.1, 0.15) is 23.7 Å². The van der Waals surface area contributed by atoms with E-state index in [1.54, 1.807) is 0 Å². The molecule has 84 valence electrons. The zero-order valence-corrected chi connectivity index (χ0v) is 9.51. The Kier molecular flexibility index (Phi) is 1.99. The van der Waals surface area contributed by atoms with Crippen LogP contribution >= 0.6 is 0 Å². The number of nitrogens with zero attached hydrogens (tertiary/aromatic N) is 4. The first-order valence-corrected chi connectivity index (χ1v) is 5.52. The summed E-state index contributed by atoms with van der Waals surface area (Å²) in [4.78, 5) is 4.46. The zero-order chi connectivity index (χ0) is 11.1. The summed E-state index contributed by atoms with van der Waals surface area (Å²) in [6.45, 7) is 2.99. The van der Waals surface area contributed by atoms with Crippen LogP contribution < -0.4 is 5.32 Å². The zero-order valence-electron chi connectivity index (χ0n) is 9.51. The molecule has 0 saturated heterocycles. The molecule has 1 atom stereocenters. The second kappa shape index (κ2) is 3.37. The molecule has 5 heteroatoms. The number of nitrogens with one attached hydrogen (secondary N) is 1. The first-order chi connectivity index (χ1) is 7.74. The van der Waals surface area contributed by atoms with Gasteiger partial charge >= 0.3 is 0 Å². The van der Waals surface area contributed by atoms with Crippen molar-refractivity contribution in [3.8, 4) is 0 Å². The third kappa shape index (κ3) is 1.39. The summed E-state index contributed by atoms with van der Waals surface area (Å²) in [6, 6.07) is 0.367. The van der Waals surface area contributed by atoms with Gasteiger partial charge in [0.05, 0.1) is 17.9 Å². The number of fused-ring (bicyclic) bond motifs is 1. The first kappa shape index (κ1) is 9.45. The van der Waals surface area contributed by atoms with Crippen molar-refractivity contribution >= 4 is 5.95 Å².